The van der Waals surface area contributed by atoms with Crippen LogP contribution in [0, 0.1) is 5.92 Å². The maximum atomic E-state index is 12.1. The Labute approximate surface area is 91.8 Å². The summed E-state index contributed by atoms with van der Waals surface area (Å²) < 4.78 is 0. The fourth-order valence-corrected chi connectivity index (χ4v) is 1.89. The lowest BCUT2D eigenvalue weighted by molar-refractivity contribution is -0.138. The summed E-state index contributed by atoms with van der Waals surface area (Å²) in [6.45, 7) is 6.13. The van der Waals surface area contributed by atoms with Crippen LogP contribution in [0.15, 0.2) is 12.2 Å². The number of rotatable bonds is 4. The molecule has 1 unspecified atom stereocenters. The maximum Gasteiger partial charge on any atom is 0.226 e. The normalized spacial score (nSPS) is 18.5. The van der Waals surface area contributed by atoms with Crippen LogP contribution in [0.3, 0.4) is 0 Å². The molecule has 0 fully saturated rings. The van der Waals surface area contributed by atoms with E-state index in [1.807, 2.05) is 13.8 Å². The minimum atomic E-state index is -0.453. The second-order valence-electron chi connectivity index (χ2n) is 4.57. The predicted octanol–water partition coefficient (Wildman–Crippen LogP) is 1.57. The molecular weight excluding hydrogens is 190 g/mol. The van der Waals surface area contributed by atoms with Crippen molar-refractivity contribution in [3.8, 4) is 0 Å². The van der Waals surface area contributed by atoms with E-state index in [1.165, 1.54) is 0 Å². The molecule has 1 N–H and O–H groups in total. The average molecular weight is 211 g/mol. The number of nitrogens with zero attached hydrogens (tertiary/aromatic N) is 1. The lowest BCUT2D eigenvalue weighted by atomic mass is 10.0. The molecule has 0 saturated carbocycles. The molecule has 1 amide bonds. The fourth-order valence-electron chi connectivity index (χ4n) is 1.89. The lowest BCUT2D eigenvalue weighted by Gasteiger charge is -2.30. The number of aliphatic hydroxyl groups is 1. The van der Waals surface area contributed by atoms with Crippen LogP contribution >= 0.6 is 0 Å². The highest BCUT2D eigenvalue weighted by Crippen LogP contribution is 2.21. The zero-order valence-corrected chi connectivity index (χ0v) is 9.81. The van der Waals surface area contributed by atoms with Crippen LogP contribution in [0.1, 0.15) is 33.6 Å². The summed E-state index contributed by atoms with van der Waals surface area (Å²) in [5.74, 6) is 0.280. The molecule has 0 radical (unpaired) electrons. The molecule has 0 spiro atoms. The van der Waals surface area contributed by atoms with E-state index in [0.717, 1.165) is 12.8 Å². The number of hydrogen-bond donors (Lipinski definition) is 1. The molecule has 3 nitrogen and oxygen atoms in total. The van der Waals surface area contributed by atoms with Crippen LogP contribution in [0.2, 0.25) is 0 Å². The summed E-state index contributed by atoms with van der Waals surface area (Å²) >= 11 is 0. The van der Waals surface area contributed by atoms with Crippen LogP contribution in [0.5, 0.6) is 0 Å². The monoisotopic (exact) mass is 211 g/mol. The topological polar surface area (TPSA) is 40.5 Å². The van der Waals surface area contributed by atoms with Crippen LogP contribution in [-0.2, 0) is 4.79 Å². The molecule has 0 heterocycles. The Hall–Kier alpha value is -0.830. The van der Waals surface area contributed by atoms with E-state index in [0.29, 0.717) is 6.54 Å². The molecular formula is C12H21NO2. The molecule has 0 saturated heterocycles. The van der Waals surface area contributed by atoms with Crippen LogP contribution in [0.25, 0.3) is 0 Å². The first kappa shape index (κ1) is 12.2. The average Bonchev–Trinajstić information content (AvgIpc) is 2.65. The summed E-state index contributed by atoms with van der Waals surface area (Å²) in [5, 5.41) is 9.35. The van der Waals surface area contributed by atoms with Gasteiger partial charge in [-0.3, -0.25) is 4.79 Å². The predicted molar refractivity (Wildman–Crippen MR) is 60.4 cm³/mol. The number of hydrogen-bond acceptors (Lipinski definition) is 2. The van der Waals surface area contributed by atoms with Gasteiger partial charge in [0, 0.05) is 18.5 Å². The van der Waals surface area contributed by atoms with E-state index in [9.17, 15) is 9.90 Å². The van der Waals surface area contributed by atoms with Crippen LogP contribution < -0.4 is 0 Å². The van der Waals surface area contributed by atoms with E-state index >= 15 is 0 Å². The zero-order valence-electron chi connectivity index (χ0n) is 9.81. The van der Waals surface area contributed by atoms with E-state index in [-0.39, 0.29) is 17.9 Å². The summed E-state index contributed by atoms with van der Waals surface area (Å²) in [5.41, 5.74) is 0. The molecule has 0 aromatic heterocycles. The third-order valence-corrected chi connectivity index (χ3v) is 2.72. The number of carbonyl (C=O) groups is 1. The minimum Gasteiger partial charge on any atom is -0.392 e. The Morgan fingerprint density at radius 1 is 1.40 bits per heavy atom. The first-order valence-electron chi connectivity index (χ1n) is 5.66. The van der Waals surface area contributed by atoms with Gasteiger partial charge in [-0.2, -0.15) is 0 Å². The molecule has 0 aliphatic heterocycles. The minimum absolute atomic E-state index is 0.103. The van der Waals surface area contributed by atoms with Crippen molar-refractivity contribution < 1.29 is 9.90 Å². The molecule has 15 heavy (non-hydrogen) atoms. The molecule has 1 rings (SSSR count). The summed E-state index contributed by atoms with van der Waals surface area (Å²) in [6, 6.07) is 0.160. The van der Waals surface area contributed by atoms with Crippen molar-refractivity contribution in [2.24, 2.45) is 5.92 Å². The highest BCUT2D eigenvalue weighted by molar-refractivity contribution is 5.80. The number of amides is 1. The summed E-state index contributed by atoms with van der Waals surface area (Å²) in [7, 11) is 0. The van der Waals surface area contributed by atoms with Gasteiger partial charge >= 0.3 is 0 Å². The fraction of sp³-hybridized carbons (Fsp3) is 0.750. The maximum absolute atomic E-state index is 12.1. The Kier molecular flexibility index (Phi) is 4.33. The number of allylic oxidation sites excluding steroid dienone is 2. The molecule has 0 aromatic rings. The van der Waals surface area contributed by atoms with Gasteiger partial charge in [0.25, 0.3) is 0 Å². The Bertz CT molecular complexity index is 238. The van der Waals surface area contributed by atoms with Crippen LogP contribution in [-0.4, -0.2) is 34.6 Å². The van der Waals surface area contributed by atoms with E-state index in [2.05, 4.69) is 12.2 Å². The summed E-state index contributed by atoms with van der Waals surface area (Å²) in [6.07, 6.45) is 5.36. The van der Waals surface area contributed by atoms with Gasteiger partial charge in [0.15, 0.2) is 0 Å². The van der Waals surface area contributed by atoms with Gasteiger partial charge < -0.3 is 10.0 Å². The van der Waals surface area contributed by atoms with Crippen molar-refractivity contribution in [2.75, 3.05) is 6.54 Å². The quantitative estimate of drug-likeness (QED) is 0.717. The van der Waals surface area contributed by atoms with E-state index in [1.54, 1.807) is 11.8 Å². The second kappa shape index (κ2) is 5.31. The first-order chi connectivity index (χ1) is 7.02. The van der Waals surface area contributed by atoms with Gasteiger partial charge in [-0.25, -0.2) is 0 Å². The van der Waals surface area contributed by atoms with Crippen molar-refractivity contribution in [3.05, 3.63) is 12.2 Å². The molecule has 3 heteroatoms. The van der Waals surface area contributed by atoms with Gasteiger partial charge in [-0.05, 0) is 33.6 Å². The molecule has 1 aliphatic carbocycles. The Balaban J connectivity index is 2.58. The van der Waals surface area contributed by atoms with Crippen molar-refractivity contribution in [1.82, 2.24) is 4.90 Å². The smallest absolute Gasteiger partial charge is 0.226 e. The number of aliphatic hydroxyl groups excluding tert-OH is 1. The van der Waals surface area contributed by atoms with Crippen LogP contribution in [0.4, 0.5) is 0 Å². The Morgan fingerprint density at radius 3 is 2.33 bits per heavy atom. The molecule has 1 atom stereocenters. The van der Waals surface area contributed by atoms with E-state index < -0.39 is 6.10 Å². The van der Waals surface area contributed by atoms with E-state index in [4.69, 9.17) is 0 Å². The third-order valence-electron chi connectivity index (χ3n) is 2.72. The highest BCUT2D eigenvalue weighted by Gasteiger charge is 2.26. The van der Waals surface area contributed by atoms with Gasteiger partial charge in [-0.1, -0.05) is 12.2 Å². The van der Waals surface area contributed by atoms with Crippen molar-refractivity contribution in [3.63, 3.8) is 0 Å². The van der Waals surface area contributed by atoms with Crippen molar-refractivity contribution in [1.29, 1.82) is 0 Å². The summed E-state index contributed by atoms with van der Waals surface area (Å²) in [4.78, 5) is 13.9. The standard InChI is InChI=1S/C12H21NO2/c1-9(2)13(8-10(3)14)12(15)11-6-4-5-7-11/h4-5,9-11,14H,6-8H2,1-3H3. The first-order valence-corrected chi connectivity index (χ1v) is 5.66. The molecule has 0 aromatic carbocycles. The number of carbonyl (C=O) groups excluding carboxylic acids is 1. The SMILES string of the molecule is CC(O)CN(C(=O)C1CC=CC1)C(C)C. The van der Waals surface area contributed by atoms with Gasteiger partial charge in [0.2, 0.25) is 5.91 Å². The van der Waals surface area contributed by atoms with Gasteiger partial charge in [0.1, 0.15) is 0 Å². The molecule has 86 valence electrons. The van der Waals surface area contributed by atoms with Gasteiger partial charge in [0.05, 0.1) is 6.10 Å². The molecule has 0 bridgehead atoms. The van der Waals surface area contributed by atoms with Crippen molar-refractivity contribution in [2.45, 2.75) is 45.8 Å². The van der Waals surface area contributed by atoms with Gasteiger partial charge in [-0.15, -0.1) is 0 Å². The second-order valence-corrected chi connectivity index (χ2v) is 4.57. The Morgan fingerprint density at radius 2 is 1.93 bits per heavy atom. The van der Waals surface area contributed by atoms with Crippen molar-refractivity contribution >= 4 is 5.91 Å². The lowest BCUT2D eigenvalue weighted by Crippen LogP contribution is -2.44. The largest absolute Gasteiger partial charge is 0.392 e. The molecule has 1 aliphatic rings. The third kappa shape index (κ3) is 3.34. The zero-order chi connectivity index (χ0) is 11.4. The highest BCUT2D eigenvalue weighted by atomic mass is 16.3.